The van der Waals surface area contributed by atoms with Crippen molar-refractivity contribution in [2.24, 2.45) is 17.4 Å². The van der Waals surface area contributed by atoms with Crippen LogP contribution < -0.4 is 16.4 Å². The second kappa shape index (κ2) is 5.75. The van der Waals surface area contributed by atoms with Gasteiger partial charge >= 0.3 is 0 Å². The van der Waals surface area contributed by atoms with Crippen LogP contribution in [0.4, 0.5) is 5.69 Å². The lowest BCUT2D eigenvalue weighted by Gasteiger charge is -2.33. The van der Waals surface area contributed by atoms with Gasteiger partial charge in [0.1, 0.15) is 4.99 Å². The first-order valence-electron chi connectivity index (χ1n) is 6.12. The lowest BCUT2D eigenvalue weighted by Crippen LogP contribution is -2.38. The number of carbonyl (C=O) groups excluding carboxylic acids is 1. The molecule has 1 fully saturated rings. The standard InChI is InChI=1S/C13H16ClN3OS/c14-10-7-9(13(16)19)1-2-11(10)17-5-3-8(4-6-17)12(15)18/h1-2,7-8H,3-6H2,(H2,15,18)(H2,16,19). The number of thiocarbonyl (C=S) groups is 1. The normalized spacial score (nSPS) is 16.4. The Morgan fingerprint density at radius 3 is 2.42 bits per heavy atom. The van der Waals surface area contributed by atoms with Crippen LogP contribution in [0.3, 0.4) is 0 Å². The fourth-order valence-corrected chi connectivity index (χ4v) is 2.75. The van der Waals surface area contributed by atoms with Crippen LogP contribution in [-0.4, -0.2) is 24.0 Å². The summed E-state index contributed by atoms with van der Waals surface area (Å²) in [7, 11) is 0. The van der Waals surface area contributed by atoms with Crippen LogP contribution in [0.2, 0.25) is 5.02 Å². The molecule has 4 N–H and O–H groups in total. The maximum absolute atomic E-state index is 11.1. The van der Waals surface area contributed by atoms with Gasteiger partial charge in [0.25, 0.3) is 0 Å². The van der Waals surface area contributed by atoms with E-state index in [-0.39, 0.29) is 11.8 Å². The van der Waals surface area contributed by atoms with Crippen LogP contribution in [0, 0.1) is 5.92 Å². The zero-order chi connectivity index (χ0) is 14.0. The SMILES string of the molecule is NC(=O)C1CCN(c2ccc(C(N)=S)cc2Cl)CC1. The first-order valence-corrected chi connectivity index (χ1v) is 6.91. The van der Waals surface area contributed by atoms with E-state index in [0.717, 1.165) is 37.2 Å². The summed E-state index contributed by atoms with van der Waals surface area (Å²) in [6.45, 7) is 1.56. The van der Waals surface area contributed by atoms with Gasteiger partial charge in [-0.3, -0.25) is 4.79 Å². The number of benzene rings is 1. The maximum atomic E-state index is 11.1. The first kappa shape index (κ1) is 14.1. The number of amides is 1. The van der Waals surface area contributed by atoms with E-state index < -0.39 is 0 Å². The van der Waals surface area contributed by atoms with Crippen molar-refractivity contribution in [1.82, 2.24) is 0 Å². The zero-order valence-corrected chi connectivity index (χ0v) is 12.0. The molecule has 1 aromatic rings. The molecule has 1 aliphatic heterocycles. The van der Waals surface area contributed by atoms with Gasteiger partial charge in [-0.2, -0.15) is 0 Å². The predicted molar refractivity (Wildman–Crippen MR) is 81.5 cm³/mol. The van der Waals surface area contributed by atoms with Crippen LogP contribution >= 0.6 is 23.8 Å². The van der Waals surface area contributed by atoms with E-state index in [1.807, 2.05) is 12.1 Å². The molecular formula is C13H16ClN3OS. The van der Waals surface area contributed by atoms with E-state index in [1.165, 1.54) is 0 Å². The number of rotatable bonds is 3. The summed E-state index contributed by atoms with van der Waals surface area (Å²) in [6.07, 6.45) is 1.53. The Bertz CT molecular complexity index is 513. The largest absolute Gasteiger partial charge is 0.389 e. The molecule has 1 aliphatic rings. The van der Waals surface area contributed by atoms with Gasteiger partial charge in [0.15, 0.2) is 0 Å². The van der Waals surface area contributed by atoms with Crippen LogP contribution in [-0.2, 0) is 4.79 Å². The number of anilines is 1. The summed E-state index contributed by atoms with van der Waals surface area (Å²) < 4.78 is 0. The van der Waals surface area contributed by atoms with Crippen molar-refractivity contribution in [2.45, 2.75) is 12.8 Å². The molecule has 4 nitrogen and oxygen atoms in total. The molecule has 0 radical (unpaired) electrons. The molecule has 0 aliphatic carbocycles. The molecule has 6 heteroatoms. The lowest BCUT2D eigenvalue weighted by molar-refractivity contribution is -0.122. The van der Waals surface area contributed by atoms with Crippen molar-refractivity contribution in [3.63, 3.8) is 0 Å². The number of piperidine rings is 1. The Labute approximate surface area is 122 Å². The molecule has 0 bridgehead atoms. The number of hydrogen-bond donors (Lipinski definition) is 2. The molecule has 0 spiro atoms. The maximum Gasteiger partial charge on any atom is 0.220 e. The average Bonchev–Trinajstić information content (AvgIpc) is 2.38. The van der Waals surface area contributed by atoms with Crippen LogP contribution in [0.25, 0.3) is 0 Å². The molecular weight excluding hydrogens is 282 g/mol. The molecule has 19 heavy (non-hydrogen) atoms. The topological polar surface area (TPSA) is 72.4 Å². The van der Waals surface area contributed by atoms with E-state index in [9.17, 15) is 4.79 Å². The number of nitrogens with zero attached hydrogens (tertiary/aromatic N) is 1. The molecule has 1 aromatic carbocycles. The van der Waals surface area contributed by atoms with Crippen molar-refractivity contribution in [3.05, 3.63) is 28.8 Å². The highest BCUT2D eigenvalue weighted by Gasteiger charge is 2.24. The summed E-state index contributed by atoms with van der Waals surface area (Å²) in [5, 5.41) is 0.628. The highest BCUT2D eigenvalue weighted by Crippen LogP contribution is 2.30. The summed E-state index contributed by atoms with van der Waals surface area (Å²) in [5.41, 5.74) is 12.6. The minimum absolute atomic E-state index is 0.0223. The highest BCUT2D eigenvalue weighted by molar-refractivity contribution is 7.80. The molecule has 0 aromatic heterocycles. The summed E-state index contributed by atoms with van der Waals surface area (Å²) in [6, 6.07) is 5.56. The lowest BCUT2D eigenvalue weighted by atomic mass is 9.96. The third kappa shape index (κ3) is 3.16. The minimum atomic E-state index is -0.213. The second-order valence-corrected chi connectivity index (χ2v) is 5.54. The van der Waals surface area contributed by atoms with Gasteiger partial charge in [-0.25, -0.2) is 0 Å². The van der Waals surface area contributed by atoms with Crippen LogP contribution in [0.1, 0.15) is 18.4 Å². The van der Waals surface area contributed by atoms with Crippen LogP contribution in [0.15, 0.2) is 18.2 Å². The van der Waals surface area contributed by atoms with Gasteiger partial charge in [-0.15, -0.1) is 0 Å². The van der Waals surface area contributed by atoms with Crippen molar-refractivity contribution >= 4 is 40.4 Å². The molecule has 102 valence electrons. The number of halogens is 1. The molecule has 0 unspecified atom stereocenters. The van der Waals surface area contributed by atoms with E-state index in [2.05, 4.69) is 4.90 Å². The molecule has 2 rings (SSSR count). The van der Waals surface area contributed by atoms with Gasteiger partial charge in [-0.1, -0.05) is 23.8 Å². The Morgan fingerprint density at radius 2 is 1.95 bits per heavy atom. The number of primary amides is 1. The van der Waals surface area contributed by atoms with E-state index in [0.29, 0.717) is 10.0 Å². The molecule has 1 heterocycles. The van der Waals surface area contributed by atoms with Gasteiger partial charge in [0.05, 0.1) is 10.7 Å². The molecule has 0 atom stereocenters. The fourth-order valence-electron chi connectivity index (χ4n) is 2.32. The van der Waals surface area contributed by atoms with Crippen molar-refractivity contribution in [2.75, 3.05) is 18.0 Å². The van der Waals surface area contributed by atoms with E-state index >= 15 is 0 Å². The minimum Gasteiger partial charge on any atom is -0.389 e. The zero-order valence-electron chi connectivity index (χ0n) is 10.4. The fraction of sp³-hybridized carbons (Fsp3) is 0.385. The number of carbonyl (C=O) groups is 1. The van der Waals surface area contributed by atoms with E-state index in [1.54, 1.807) is 6.07 Å². The number of nitrogens with two attached hydrogens (primary N) is 2. The van der Waals surface area contributed by atoms with Crippen LogP contribution in [0.5, 0.6) is 0 Å². The average molecular weight is 298 g/mol. The Kier molecular flexibility index (Phi) is 4.27. The Balaban J connectivity index is 2.11. The number of hydrogen-bond acceptors (Lipinski definition) is 3. The monoisotopic (exact) mass is 297 g/mol. The van der Waals surface area contributed by atoms with Gasteiger partial charge < -0.3 is 16.4 Å². The molecule has 1 amide bonds. The first-order chi connectivity index (χ1) is 8.99. The summed E-state index contributed by atoms with van der Waals surface area (Å²) in [5.74, 6) is -0.236. The quantitative estimate of drug-likeness (QED) is 0.833. The Hall–Kier alpha value is -1.33. The third-order valence-electron chi connectivity index (χ3n) is 3.47. The Morgan fingerprint density at radius 1 is 1.32 bits per heavy atom. The second-order valence-electron chi connectivity index (χ2n) is 4.69. The third-order valence-corrected chi connectivity index (χ3v) is 4.01. The smallest absolute Gasteiger partial charge is 0.220 e. The predicted octanol–water partition coefficient (Wildman–Crippen LogP) is 1.68. The molecule has 0 saturated carbocycles. The summed E-state index contributed by atoms with van der Waals surface area (Å²) in [4.78, 5) is 13.6. The highest BCUT2D eigenvalue weighted by atomic mass is 35.5. The summed E-state index contributed by atoms with van der Waals surface area (Å²) >= 11 is 11.2. The van der Waals surface area contributed by atoms with Crippen molar-refractivity contribution in [3.8, 4) is 0 Å². The van der Waals surface area contributed by atoms with Gasteiger partial charge in [0.2, 0.25) is 5.91 Å². The van der Waals surface area contributed by atoms with Gasteiger partial charge in [-0.05, 0) is 31.0 Å². The van der Waals surface area contributed by atoms with E-state index in [4.69, 9.17) is 35.3 Å². The molecule has 1 saturated heterocycles. The van der Waals surface area contributed by atoms with Crippen molar-refractivity contribution in [1.29, 1.82) is 0 Å². The van der Waals surface area contributed by atoms with Crippen molar-refractivity contribution < 1.29 is 4.79 Å². The van der Waals surface area contributed by atoms with Gasteiger partial charge in [0, 0.05) is 24.6 Å².